The van der Waals surface area contributed by atoms with E-state index in [0.717, 1.165) is 16.7 Å². The van der Waals surface area contributed by atoms with Crippen molar-refractivity contribution in [3.63, 3.8) is 0 Å². The lowest BCUT2D eigenvalue weighted by Crippen LogP contribution is -2.04. The minimum absolute atomic E-state index is 0.0706. The fourth-order valence-corrected chi connectivity index (χ4v) is 2.61. The first-order valence-corrected chi connectivity index (χ1v) is 7.02. The second-order valence-corrected chi connectivity index (χ2v) is 5.69. The molecule has 0 unspecified atom stereocenters. The highest BCUT2D eigenvalue weighted by molar-refractivity contribution is 9.10. The van der Waals surface area contributed by atoms with E-state index in [4.69, 9.17) is 4.74 Å². The molecular formula is C16H15BrF2O. The Hall–Kier alpha value is -1.42. The summed E-state index contributed by atoms with van der Waals surface area (Å²) in [6.45, 7) is 5.70. The van der Waals surface area contributed by atoms with Crippen LogP contribution in [0.4, 0.5) is 8.78 Å². The maximum Gasteiger partial charge on any atom is 0.146 e. The van der Waals surface area contributed by atoms with Gasteiger partial charge in [-0.15, -0.1) is 0 Å². The number of aryl methyl sites for hydroxylation is 3. The first-order valence-electron chi connectivity index (χ1n) is 6.23. The molecule has 0 bridgehead atoms. The Morgan fingerprint density at radius 2 is 1.65 bits per heavy atom. The third-order valence-electron chi connectivity index (χ3n) is 3.10. The van der Waals surface area contributed by atoms with Crippen molar-refractivity contribution in [2.75, 3.05) is 0 Å². The second kappa shape index (κ2) is 5.92. The van der Waals surface area contributed by atoms with Crippen molar-refractivity contribution >= 4 is 15.9 Å². The number of halogens is 3. The molecule has 2 aromatic rings. The van der Waals surface area contributed by atoms with Gasteiger partial charge in [0.2, 0.25) is 0 Å². The van der Waals surface area contributed by atoms with Gasteiger partial charge in [-0.25, -0.2) is 8.78 Å². The smallest absolute Gasteiger partial charge is 0.146 e. The molecule has 106 valence electrons. The standard InChI is InChI=1S/C16H15BrF2O/c1-9-6-10(2)16(11(3)7-9)20-8-12-14(18)5-4-13(17)15(12)19/h4-7H,8H2,1-3H3. The summed E-state index contributed by atoms with van der Waals surface area (Å²) in [6.07, 6.45) is 0. The zero-order valence-corrected chi connectivity index (χ0v) is 13.1. The molecule has 0 aliphatic rings. The van der Waals surface area contributed by atoms with E-state index in [9.17, 15) is 8.78 Å². The molecule has 2 rings (SSSR count). The zero-order chi connectivity index (χ0) is 14.9. The minimum Gasteiger partial charge on any atom is -0.488 e. The summed E-state index contributed by atoms with van der Waals surface area (Å²) < 4.78 is 33.4. The predicted molar refractivity (Wildman–Crippen MR) is 79.0 cm³/mol. The third kappa shape index (κ3) is 3.01. The average molecular weight is 341 g/mol. The van der Waals surface area contributed by atoms with Crippen LogP contribution in [0, 0.1) is 32.4 Å². The van der Waals surface area contributed by atoms with Gasteiger partial charge in [0.15, 0.2) is 0 Å². The summed E-state index contributed by atoms with van der Waals surface area (Å²) in [5, 5.41) is 0. The molecule has 4 heteroatoms. The van der Waals surface area contributed by atoms with Crippen LogP contribution in [0.2, 0.25) is 0 Å². The van der Waals surface area contributed by atoms with Gasteiger partial charge in [0.1, 0.15) is 24.0 Å². The Kier molecular flexibility index (Phi) is 4.43. The maximum atomic E-state index is 13.9. The molecule has 0 aliphatic carbocycles. The van der Waals surface area contributed by atoms with Crippen molar-refractivity contribution in [2.24, 2.45) is 0 Å². The number of rotatable bonds is 3. The maximum absolute atomic E-state index is 13.9. The van der Waals surface area contributed by atoms with Gasteiger partial charge >= 0.3 is 0 Å². The Labute approximate surface area is 125 Å². The van der Waals surface area contributed by atoms with Gasteiger partial charge in [-0.1, -0.05) is 17.7 Å². The summed E-state index contributed by atoms with van der Waals surface area (Å²) in [7, 11) is 0. The van der Waals surface area contributed by atoms with Crippen LogP contribution < -0.4 is 4.74 Å². The summed E-state index contributed by atoms with van der Waals surface area (Å²) >= 11 is 3.05. The predicted octanol–water partition coefficient (Wildman–Crippen LogP) is 5.23. The van der Waals surface area contributed by atoms with Crippen LogP contribution in [0.25, 0.3) is 0 Å². The molecule has 20 heavy (non-hydrogen) atoms. The molecule has 0 N–H and O–H groups in total. The van der Waals surface area contributed by atoms with E-state index in [1.807, 2.05) is 32.9 Å². The van der Waals surface area contributed by atoms with Gasteiger partial charge in [0, 0.05) is 0 Å². The van der Waals surface area contributed by atoms with Crippen molar-refractivity contribution in [3.05, 3.63) is 62.6 Å². The van der Waals surface area contributed by atoms with Crippen LogP contribution in [-0.4, -0.2) is 0 Å². The van der Waals surface area contributed by atoms with E-state index in [2.05, 4.69) is 15.9 Å². The molecular weight excluding hydrogens is 326 g/mol. The van der Waals surface area contributed by atoms with Crippen LogP contribution in [0.1, 0.15) is 22.3 Å². The number of hydrogen-bond donors (Lipinski definition) is 0. The average Bonchev–Trinajstić information content (AvgIpc) is 2.36. The fraction of sp³-hybridized carbons (Fsp3) is 0.250. The Morgan fingerprint density at radius 3 is 2.25 bits per heavy atom. The molecule has 0 atom stereocenters. The molecule has 0 heterocycles. The topological polar surface area (TPSA) is 9.23 Å². The first-order chi connectivity index (χ1) is 9.40. The molecule has 1 nitrogen and oxygen atoms in total. The summed E-state index contributed by atoms with van der Waals surface area (Å²) in [4.78, 5) is 0. The van der Waals surface area contributed by atoms with Gasteiger partial charge in [-0.3, -0.25) is 0 Å². The van der Waals surface area contributed by atoms with E-state index in [1.54, 1.807) is 0 Å². The molecule has 0 spiro atoms. The molecule has 0 radical (unpaired) electrons. The summed E-state index contributed by atoms with van der Waals surface area (Å²) in [5.41, 5.74) is 2.97. The van der Waals surface area contributed by atoms with Gasteiger partial charge in [0.05, 0.1) is 10.0 Å². The fourth-order valence-electron chi connectivity index (χ4n) is 2.24. The normalized spacial score (nSPS) is 10.7. The molecule has 2 aromatic carbocycles. The zero-order valence-electron chi connectivity index (χ0n) is 11.6. The third-order valence-corrected chi connectivity index (χ3v) is 3.72. The van der Waals surface area contributed by atoms with Gasteiger partial charge < -0.3 is 4.74 Å². The number of ether oxygens (including phenoxy) is 1. The van der Waals surface area contributed by atoms with Crippen molar-refractivity contribution in [1.29, 1.82) is 0 Å². The van der Waals surface area contributed by atoms with Crippen LogP contribution in [0.3, 0.4) is 0 Å². The SMILES string of the molecule is Cc1cc(C)c(OCc2c(F)ccc(Br)c2F)c(C)c1. The van der Waals surface area contributed by atoms with Crippen LogP contribution in [0.5, 0.6) is 5.75 Å². The molecule has 0 saturated heterocycles. The van der Waals surface area contributed by atoms with Crippen LogP contribution >= 0.6 is 15.9 Å². The van der Waals surface area contributed by atoms with Gasteiger partial charge in [-0.2, -0.15) is 0 Å². The lowest BCUT2D eigenvalue weighted by Gasteiger charge is -2.14. The van der Waals surface area contributed by atoms with Crippen molar-refractivity contribution in [1.82, 2.24) is 0 Å². The van der Waals surface area contributed by atoms with E-state index in [1.165, 1.54) is 12.1 Å². The highest BCUT2D eigenvalue weighted by Crippen LogP contribution is 2.27. The monoisotopic (exact) mass is 340 g/mol. The van der Waals surface area contributed by atoms with Gasteiger partial charge in [-0.05, 0) is 60.0 Å². The van der Waals surface area contributed by atoms with E-state index in [0.29, 0.717) is 5.75 Å². The second-order valence-electron chi connectivity index (χ2n) is 4.84. The minimum atomic E-state index is -0.618. The van der Waals surface area contributed by atoms with Crippen LogP contribution in [0.15, 0.2) is 28.7 Å². The Morgan fingerprint density at radius 1 is 1.05 bits per heavy atom. The number of benzene rings is 2. The quantitative estimate of drug-likeness (QED) is 0.695. The lowest BCUT2D eigenvalue weighted by atomic mass is 10.1. The van der Waals surface area contributed by atoms with Crippen molar-refractivity contribution in [3.8, 4) is 5.75 Å². The van der Waals surface area contributed by atoms with Crippen LogP contribution in [-0.2, 0) is 6.61 Å². The summed E-state index contributed by atoms with van der Waals surface area (Å²) in [5.74, 6) is -0.546. The summed E-state index contributed by atoms with van der Waals surface area (Å²) in [6, 6.07) is 6.53. The van der Waals surface area contributed by atoms with E-state index >= 15 is 0 Å². The van der Waals surface area contributed by atoms with E-state index in [-0.39, 0.29) is 16.6 Å². The largest absolute Gasteiger partial charge is 0.488 e. The Bertz CT molecular complexity index is 630. The molecule has 0 aliphatic heterocycles. The highest BCUT2D eigenvalue weighted by Gasteiger charge is 2.14. The van der Waals surface area contributed by atoms with E-state index < -0.39 is 11.6 Å². The Balaban J connectivity index is 2.28. The highest BCUT2D eigenvalue weighted by atomic mass is 79.9. The van der Waals surface area contributed by atoms with Gasteiger partial charge in [0.25, 0.3) is 0 Å². The number of hydrogen-bond acceptors (Lipinski definition) is 1. The first kappa shape index (κ1) is 15.0. The molecule has 0 aromatic heterocycles. The van der Waals surface area contributed by atoms with Crippen molar-refractivity contribution in [2.45, 2.75) is 27.4 Å². The lowest BCUT2D eigenvalue weighted by molar-refractivity contribution is 0.288. The molecule has 0 fully saturated rings. The van der Waals surface area contributed by atoms with Crippen molar-refractivity contribution < 1.29 is 13.5 Å². The molecule has 0 amide bonds. The molecule has 0 saturated carbocycles.